The van der Waals surface area contributed by atoms with Crippen molar-refractivity contribution in [3.05, 3.63) is 87.1 Å². The zero-order chi connectivity index (χ0) is 27.1. The van der Waals surface area contributed by atoms with Crippen molar-refractivity contribution in [2.24, 2.45) is 5.92 Å². The summed E-state index contributed by atoms with van der Waals surface area (Å²) < 4.78 is 50.7. The molecule has 1 unspecified atom stereocenters. The maximum absolute atomic E-state index is 14.7. The van der Waals surface area contributed by atoms with Crippen LogP contribution in [0.5, 0.6) is 5.75 Å². The van der Waals surface area contributed by atoms with E-state index in [4.69, 9.17) is 16.3 Å². The van der Waals surface area contributed by atoms with Gasteiger partial charge in [0.25, 0.3) is 5.56 Å². The van der Waals surface area contributed by atoms with Crippen molar-refractivity contribution < 1.29 is 22.7 Å². The average molecular weight is 543 g/mol. The highest BCUT2D eigenvalue weighted by Crippen LogP contribution is 2.47. The topological polar surface area (TPSA) is 76.5 Å². The van der Waals surface area contributed by atoms with Gasteiger partial charge in [-0.25, -0.2) is 9.78 Å². The number of methoxy groups -OCH3 is 1. The van der Waals surface area contributed by atoms with Crippen LogP contribution in [0.25, 0.3) is 0 Å². The van der Waals surface area contributed by atoms with Crippen LogP contribution in [0.3, 0.4) is 0 Å². The number of carbonyl (C=O) groups is 1. The molecule has 1 atom stereocenters. The summed E-state index contributed by atoms with van der Waals surface area (Å²) in [5.41, 5.74) is -2.56. The fourth-order valence-electron chi connectivity index (χ4n) is 4.24. The number of hydrogen-bond acceptors (Lipinski definition) is 4. The number of nitrogens with zero attached hydrogens (tertiary/aromatic N) is 3. The lowest BCUT2D eigenvalue weighted by molar-refractivity contribution is -0.179. The molecule has 38 heavy (non-hydrogen) atoms. The first-order valence-corrected chi connectivity index (χ1v) is 12.1. The second kappa shape index (κ2) is 9.72. The molecule has 0 radical (unpaired) electrons. The number of benzene rings is 2. The van der Waals surface area contributed by atoms with Gasteiger partial charge in [-0.05, 0) is 48.2 Å². The molecule has 0 spiro atoms. The molecule has 1 aliphatic heterocycles. The van der Waals surface area contributed by atoms with Crippen LogP contribution in [0, 0.1) is 17.8 Å². The number of anilines is 1. The minimum atomic E-state index is -4.93. The average Bonchev–Trinajstić information content (AvgIpc) is 3.71. The summed E-state index contributed by atoms with van der Waals surface area (Å²) in [6, 6.07) is 9.73. The molecule has 196 valence electrons. The van der Waals surface area contributed by atoms with Crippen molar-refractivity contribution in [1.82, 2.24) is 14.9 Å². The lowest BCUT2D eigenvalue weighted by atomic mass is 9.84. The Kier molecular flexibility index (Phi) is 6.57. The number of urea groups is 1. The van der Waals surface area contributed by atoms with Gasteiger partial charge in [-0.3, -0.25) is 14.3 Å². The molecule has 2 aliphatic rings. The van der Waals surface area contributed by atoms with Gasteiger partial charge in [0.05, 0.1) is 32.2 Å². The SMILES string of the molecule is COc1ccc(CN2C(=O)NC(C#CC3CC3)(C(F)(F)F)c3cc(Cl)c(Cn4cnccc4=O)cc32)cc1. The molecular formula is C27H22ClF3N4O3. The highest BCUT2D eigenvalue weighted by molar-refractivity contribution is 6.31. The Morgan fingerprint density at radius 1 is 1.16 bits per heavy atom. The van der Waals surface area contributed by atoms with Gasteiger partial charge in [0, 0.05) is 28.8 Å². The molecule has 5 rings (SSSR count). The summed E-state index contributed by atoms with van der Waals surface area (Å²) >= 11 is 6.50. The van der Waals surface area contributed by atoms with Crippen molar-refractivity contribution in [3.8, 4) is 17.6 Å². The van der Waals surface area contributed by atoms with Crippen molar-refractivity contribution in [3.63, 3.8) is 0 Å². The predicted molar refractivity (Wildman–Crippen MR) is 135 cm³/mol. The van der Waals surface area contributed by atoms with Gasteiger partial charge in [-0.2, -0.15) is 13.2 Å². The fourth-order valence-corrected chi connectivity index (χ4v) is 4.46. The van der Waals surface area contributed by atoms with E-state index < -0.39 is 17.7 Å². The number of alkyl halides is 3. The van der Waals surface area contributed by atoms with E-state index in [0.29, 0.717) is 29.7 Å². The van der Waals surface area contributed by atoms with Gasteiger partial charge in [0.15, 0.2) is 0 Å². The minimum absolute atomic E-state index is 0.00176. The first-order valence-electron chi connectivity index (χ1n) is 11.8. The summed E-state index contributed by atoms with van der Waals surface area (Å²) in [7, 11) is 1.52. The number of amides is 2. The molecule has 2 amide bonds. The molecule has 11 heteroatoms. The highest BCUT2D eigenvalue weighted by Gasteiger charge is 2.60. The van der Waals surface area contributed by atoms with Crippen molar-refractivity contribution in [2.45, 2.75) is 37.6 Å². The Labute approximate surface area is 221 Å². The molecule has 1 saturated carbocycles. The third kappa shape index (κ3) is 4.82. The fraction of sp³-hybridized carbons (Fsp3) is 0.296. The second-order valence-corrected chi connectivity index (χ2v) is 9.57. The Hall–Kier alpha value is -3.97. The monoisotopic (exact) mass is 542 g/mol. The van der Waals surface area contributed by atoms with Gasteiger partial charge < -0.3 is 10.1 Å². The molecule has 1 aliphatic carbocycles. The van der Waals surface area contributed by atoms with E-state index in [1.807, 2.05) is 0 Å². The van der Waals surface area contributed by atoms with E-state index in [0.717, 1.165) is 0 Å². The van der Waals surface area contributed by atoms with Crippen molar-refractivity contribution in [2.75, 3.05) is 12.0 Å². The lowest BCUT2D eigenvalue weighted by Crippen LogP contribution is -2.62. The van der Waals surface area contributed by atoms with Crippen LogP contribution in [0.15, 0.2) is 59.8 Å². The van der Waals surface area contributed by atoms with E-state index in [1.165, 1.54) is 47.3 Å². The molecule has 0 bridgehead atoms. The standard InChI is InChI=1S/C27H22ClF3N4O3/c1-38-20-6-4-18(5-7-20)14-35-23-12-19(15-34-16-32-11-9-24(34)36)22(28)13-21(23)26(27(29,30)31,33-25(35)37)10-8-17-2-3-17/h4-7,9,11-13,16-17H,2-3,14-15H2,1H3,(H,33,37). The van der Waals surface area contributed by atoms with Crippen LogP contribution in [-0.2, 0) is 18.6 Å². The number of halogens is 4. The van der Waals surface area contributed by atoms with E-state index in [2.05, 4.69) is 22.1 Å². The molecule has 7 nitrogen and oxygen atoms in total. The van der Waals surface area contributed by atoms with Crippen molar-refractivity contribution >= 4 is 23.3 Å². The summed E-state index contributed by atoms with van der Waals surface area (Å²) in [4.78, 5) is 30.7. The molecule has 3 aromatic rings. The first-order chi connectivity index (χ1) is 18.1. The molecule has 0 saturated heterocycles. The zero-order valence-corrected chi connectivity index (χ0v) is 20.9. The van der Waals surface area contributed by atoms with Crippen LogP contribution in [0.1, 0.15) is 29.5 Å². The zero-order valence-electron chi connectivity index (χ0n) is 20.2. The number of ether oxygens (including phenoxy) is 1. The number of fused-ring (bicyclic) bond motifs is 1. The maximum Gasteiger partial charge on any atom is 0.427 e. The van der Waals surface area contributed by atoms with Crippen LogP contribution >= 0.6 is 11.6 Å². The maximum atomic E-state index is 14.7. The van der Waals surface area contributed by atoms with Gasteiger partial charge in [0.2, 0.25) is 5.54 Å². The summed E-state index contributed by atoms with van der Waals surface area (Å²) in [6.45, 7) is -0.0791. The molecule has 2 aromatic carbocycles. The smallest absolute Gasteiger partial charge is 0.427 e. The van der Waals surface area contributed by atoms with Crippen LogP contribution < -0.4 is 20.5 Å². The molecule has 2 heterocycles. The lowest BCUT2D eigenvalue weighted by Gasteiger charge is -2.42. The van der Waals surface area contributed by atoms with Gasteiger partial charge >= 0.3 is 12.2 Å². The van der Waals surface area contributed by atoms with Gasteiger partial charge in [0.1, 0.15) is 5.75 Å². The van der Waals surface area contributed by atoms with Crippen LogP contribution in [0.2, 0.25) is 5.02 Å². The van der Waals surface area contributed by atoms with Crippen LogP contribution in [-0.4, -0.2) is 28.9 Å². The largest absolute Gasteiger partial charge is 0.497 e. The van der Waals surface area contributed by atoms with E-state index in [9.17, 15) is 22.8 Å². The van der Waals surface area contributed by atoms with Crippen molar-refractivity contribution in [1.29, 1.82) is 0 Å². The van der Waals surface area contributed by atoms with Gasteiger partial charge in [-0.1, -0.05) is 35.6 Å². The quantitative estimate of drug-likeness (QED) is 0.468. The van der Waals surface area contributed by atoms with E-state index in [-0.39, 0.29) is 40.8 Å². The van der Waals surface area contributed by atoms with Crippen LogP contribution in [0.4, 0.5) is 23.7 Å². The number of nitrogens with one attached hydrogen (secondary N) is 1. The summed E-state index contributed by atoms with van der Waals surface area (Å²) in [6.07, 6.45) is -0.863. The molecule has 1 N–H and O–H groups in total. The third-order valence-electron chi connectivity index (χ3n) is 6.50. The Morgan fingerprint density at radius 3 is 2.53 bits per heavy atom. The minimum Gasteiger partial charge on any atom is -0.497 e. The summed E-state index contributed by atoms with van der Waals surface area (Å²) in [5.74, 6) is 5.49. The number of aromatic nitrogens is 2. The van der Waals surface area contributed by atoms with E-state index >= 15 is 0 Å². The predicted octanol–water partition coefficient (Wildman–Crippen LogP) is 4.85. The Morgan fingerprint density at radius 2 is 1.89 bits per heavy atom. The summed E-state index contributed by atoms with van der Waals surface area (Å²) in [5, 5.41) is 2.15. The number of hydrogen-bond donors (Lipinski definition) is 1. The molecule has 1 fully saturated rings. The van der Waals surface area contributed by atoms with E-state index in [1.54, 1.807) is 24.3 Å². The number of rotatable bonds is 5. The number of carbonyl (C=O) groups excluding carboxylic acids is 1. The first kappa shape index (κ1) is 25.7. The van der Waals surface area contributed by atoms with Gasteiger partial charge in [-0.15, -0.1) is 0 Å². The molecule has 1 aromatic heterocycles. The third-order valence-corrected chi connectivity index (χ3v) is 6.85. The normalized spacial score (nSPS) is 18.8. The Bertz CT molecular complexity index is 1510. The second-order valence-electron chi connectivity index (χ2n) is 9.16. The molecular weight excluding hydrogens is 521 g/mol. The Balaban J connectivity index is 1.67. The highest BCUT2D eigenvalue weighted by atomic mass is 35.5.